The number of ether oxygens (including phenoxy) is 2. The molecule has 3 saturated heterocycles. The van der Waals surface area contributed by atoms with Crippen LogP contribution in [0.1, 0.15) is 25.7 Å². The molecule has 0 amide bonds. The maximum absolute atomic E-state index is 10.6. The highest BCUT2D eigenvalue weighted by Gasteiger charge is 2.57. The second-order valence-corrected chi connectivity index (χ2v) is 5.53. The van der Waals surface area contributed by atoms with Gasteiger partial charge in [-0.25, -0.2) is 0 Å². The predicted molar refractivity (Wildman–Crippen MR) is 58.9 cm³/mol. The summed E-state index contributed by atoms with van der Waals surface area (Å²) in [6.07, 6.45) is 4.26. The first-order valence-electron chi connectivity index (χ1n) is 6.37. The standard InChI is InChI=1S/C12H21NO3/c13-7-12(5-9-1-2-10(12)16-9)11(14)8-3-4-15-6-8/h8-11,14H,1-7,13H2. The topological polar surface area (TPSA) is 64.7 Å². The first-order chi connectivity index (χ1) is 7.76. The molecule has 0 aromatic carbocycles. The second-order valence-electron chi connectivity index (χ2n) is 5.53. The number of rotatable bonds is 3. The minimum Gasteiger partial charge on any atom is -0.392 e. The molecule has 3 fully saturated rings. The molecule has 2 bridgehead atoms. The molecule has 92 valence electrons. The molecule has 4 heteroatoms. The molecule has 3 heterocycles. The van der Waals surface area contributed by atoms with Crippen LogP contribution in [0.2, 0.25) is 0 Å². The number of hydrogen-bond acceptors (Lipinski definition) is 4. The summed E-state index contributed by atoms with van der Waals surface area (Å²) in [5.41, 5.74) is 5.75. The van der Waals surface area contributed by atoms with E-state index in [0.29, 0.717) is 19.3 Å². The lowest BCUT2D eigenvalue weighted by Crippen LogP contribution is -2.52. The number of fused-ring (bicyclic) bond motifs is 2. The van der Waals surface area contributed by atoms with E-state index in [-0.39, 0.29) is 23.5 Å². The van der Waals surface area contributed by atoms with E-state index in [1.807, 2.05) is 0 Å². The molecular weight excluding hydrogens is 206 g/mol. The molecule has 5 atom stereocenters. The Balaban J connectivity index is 1.79. The molecule has 3 aliphatic rings. The Morgan fingerprint density at radius 1 is 1.38 bits per heavy atom. The lowest BCUT2D eigenvalue weighted by molar-refractivity contribution is -0.0561. The first kappa shape index (κ1) is 11.0. The Kier molecular flexibility index (Phi) is 2.70. The van der Waals surface area contributed by atoms with Gasteiger partial charge in [-0.1, -0.05) is 0 Å². The van der Waals surface area contributed by atoms with E-state index in [4.69, 9.17) is 15.2 Å². The molecule has 0 aromatic rings. The van der Waals surface area contributed by atoms with Crippen molar-refractivity contribution in [1.29, 1.82) is 0 Å². The van der Waals surface area contributed by atoms with Gasteiger partial charge in [0.2, 0.25) is 0 Å². The Bertz CT molecular complexity index is 267. The van der Waals surface area contributed by atoms with Gasteiger partial charge in [-0.2, -0.15) is 0 Å². The lowest BCUT2D eigenvalue weighted by Gasteiger charge is -2.40. The van der Waals surface area contributed by atoms with Gasteiger partial charge in [0.25, 0.3) is 0 Å². The minimum atomic E-state index is -0.352. The molecular formula is C12H21NO3. The molecule has 0 aliphatic carbocycles. The van der Waals surface area contributed by atoms with E-state index in [9.17, 15) is 5.11 Å². The number of nitrogens with two attached hydrogens (primary N) is 1. The second kappa shape index (κ2) is 3.95. The van der Waals surface area contributed by atoms with Gasteiger partial charge in [0.05, 0.1) is 24.9 Å². The molecule has 3 aliphatic heterocycles. The molecule has 0 spiro atoms. The highest BCUT2D eigenvalue weighted by atomic mass is 16.5. The zero-order valence-corrected chi connectivity index (χ0v) is 9.60. The summed E-state index contributed by atoms with van der Waals surface area (Å²) in [7, 11) is 0. The normalized spacial score (nSPS) is 48.8. The highest BCUT2D eigenvalue weighted by molar-refractivity contribution is 5.06. The monoisotopic (exact) mass is 227 g/mol. The third-order valence-corrected chi connectivity index (χ3v) is 4.74. The van der Waals surface area contributed by atoms with Crippen LogP contribution in [0, 0.1) is 11.3 Å². The number of aliphatic hydroxyl groups excluding tert-OH is 1. The van der Waals surface area contributed by atoms with E-state index in [1.54, 1.807) is 0 Å². The van der Waals surface area contributed by atoms with E-state index in [2.05, 4.69) is 0 Å². The largest absolute Gasteiger partial charge is 0.392 e. The molecule has 3 rings (SSSR count). The van der Waals surface area contributed by atoms with Crippen LogP contribution in [0.5, 0.6) is 0 Å². The Morgan fingerprint density at radius 3 is 2.75 bits per heavy atom. The Hall–Kier alpha value is -0.160. The Labute approximate surface area is 96.1 Å². The third-order valence-electron chi connectivity index (χ3n) is 4.74. The quantitative estimate of drug-likeness (QED) is 0.727. The SMILES string of the molecule is NCC1(C(O)C2CCOC2)CC2CCC1O2. The number of hydrogen-bond donors (Lipinski definition) is 2. The summed E-state index contributed by atoms with van der Waals surface area (Å²) in [5, 5.41) is 10.6. The van der Waals surface area contributed by atoms with E-state index in [1.165, 1.54) is 0 Å². The fraction of sp³-hybridized carbons (Fsp3) is 1.00. The van der Waals surface area contributed by atoms with E-state index >= 15 is 0 Å². The van der Waals surface area contributed by atoms with Crippen molar-refractivity contribution in [2.45, 2.75) is 44.0 Å². The smallest absolute Gasteiger partial charge is 0.0685 e. The molecule has 5 unspecified atom stereocenters. The van der Waals surface area contributed by atoms with Crippen LogP contribution in [-0.4, -0.2) is 43.2 Å². The average Bonchev–Trinajstić information content (AvgIpc) is 3.03. The summed E-state index contributed by atoms with van der Waals surface area (Å²) < 4.78 is 11.2. The van der Waals surface area contributed by atoms with Crippen molar-refractivity contribution < 1.29 is 14.6 Å². The molecule has 16 heavy (non-hydrogen) atoms. The molecule has 4 nitrogen and oxygen atoms in total. The van der Waals surface area contributed by atoms with Gasteiger partial charge in [0.15, 0.2) is 0 Å². The first-order valence-corrected chi connectivity index (χ1v) is 6.37. The summed E-state index contributed by atoms with van der Waals surface area (Å²) in [6.45, 7) is 1.99. The maximum atomic E-state index is 10.6. The van der Waals surface area contributed by atoms with Crippen LogP contribution in [0.4, 0.5) is 0 Å². The summed E-state index contributed by atoms with van der Waals surface area (Å²) >= 11 is 0. The zero-order valence-electron chi connectivity index (χ0n) is 9.60. The zero-order chi connectivity index (χ0) is 11.2. The fourth-order valence-electron chi connectivity index (χ4n) is 3.75. The van der Waals surface area contributed by atoms with Crippen LogP contribution in [0.3, 0.4) is 0 Å². The summed E-state index contributed by atoms with van der Waals surface area (Å²) in [6, 6.07) is 0. The molecule has 0 aromatic heterocycles. The van der Waals surface area contributed by atoms with Crippen molar-refractivity contribution in [2.75, 3.05) is 19.8 Å². The minimum absolute atomic E-state index is 0.179. The van der Waals surface area contributed by atoms with Crippen molar-refractivity contribution >= 4 is 0 Å². The number of aliphatic hydroxyl groups is 1. The summed E-state index contributed by atoms with van der Waals surface area (Å²) in [4.78, 5) is 0. The molecule has 0 saturated carbocycles. The van der Waals surface area contributed by atoms with Crippen LogP contribution in [-0.2, 0) is 9.47 Å². The van der Waals surface area contributed by atoms with Gasteiger partial charge in [-0.3, -0.25) is 0 Å². The van der Waals surface area contributed by atoms with Gasteiger partial charge >= 0.3 is 0 Å². The van der Waals surface area contributed by atoms with Crippen molar-refractivity contribution in [3.63, 3.8) is 0 Å². The van der Waals surface area contributed by atoms with Gasteiger partial charge in [0.1, 0.15) is 0 Å². The van der Waals surface area contributed by atoms with Gasteiger partial charge in [-0.05, 0) is 25.7 Å². The van der Waals surface area contributed by atoms with Gasteiger partial charge in [0, 0.05) is 24.5 Å². The van der Waals surface area contributed by atoms with Crippen molar-refractivity contribution in [3.05, 3.63) is 0 Å². The van der Waals surface area contributed by atoms with Crippen molar-refractivity contribution in [3.8, 4) is 0 Å². The van der Waals surface area contributed by atoms with Crippen LogP contribution >= 0.6 is 0 Å². The molecule has 0 radical (unpaired) electrons. The van der Waals surface area contributed by atoms with Crippen LogP contribution in [0.15, 0.2) is 0 Å². The van der Waals surface area contributed by atoms with Gasteiger partial charge < -0.3 is 20.3 Å². The predicted octanol–water partition coefficient (Wildman–Crippen LogP) is 0.280. The van der Waals surface area contributed by atoms with Crippen LogP contribution in [0.25, 0.3) is 0 Å². The third kappa shape index (κ3) is 1.44. The molecule has 3 N–H and O–H groups in total. The van der Waals surface area contributed by atoms with Crippen molar-refractivity contribution in [2.24, 2.45) is 17.1 Å². The lowest BCUT2D eigenvalue weighted by atomic mass is 9.66. The van der Waals surface area contributed by atoms with Gasteiger partial charge in [-0.15, -0.1) is 0 Å². The van der Waals surface area contributed by atoms with Crippen LogP contribution < -0.4 is 5.73 Å². The average molecular weight is 227 g/mol. The Morgan fingerprint density at radius 2 is 2.25 bits per heavy atom. The van der Waals surface area contributed by atoms with Crippen molar-refractivity contribution in [1.82, 2.24) is 0 Å². The highest BCUT2D eigenvalue weighted by Crippen LogP contribution is 2.51. The van der Waals surface area contributed by atoms with E-state index < -0.39 is 0 Å². The summed E-state index contributed by atoms with van der Waals surface area (Å²) in [5.74, 6) is 0.256. The maximum Gasteiger partial charge on any atom is 0.0685 e. The van der Waals surface area contributed by atoms with E-state index in [0.717, 1.165) is 32.3 Å². The fourth-order valence-corrected chi connectivity index (χ4v) is 3.75.